The molecule has 0 aromatic carbocycles. The van der Waals surface area contributed by atoms with Gasteiger partial charge in [0.25, 0.3) is 0 Å². The van der Waals surface area contributed by atoms with Gasteiger partial charge in [-0.3, -0.25) is 0 Å². The second-order valence-corrected chi connectivity index (χ2v) is 7.92. The maximum Gasteiger partial charge on any atom is 0.0438 e. The Morgan fingerprint density at radius 2 is 1.47 bits per heavy atom. The Labute approximate surface area is 107 Å². The monoisotopic (exact) mass is 241 g/mol. The molecule has 0 spiro atoms. The van der Waals surface area contributed by atoms with Crippen LogP contribution in [-0.4, -0.2) is 21.3 Å². The standard InChI is InChI=1S/C15H31NO/c1-13(2,3)12-14(4,5)16(17)15(6)10-8-7-9-11-15/h17H,7-12H2,1-6H3. The Hall–Kier alpha value is -0.0800. The normalized spacial score (nSPS) is 21.9. The summed E-state index contributed by atoms with van der Waals surface area (Å²) in [5.41, 5.74) is 0.0762. The summed E-state index contributed by atoms with van der Waals surface area (Å²) in [6.07, 6.45) is 7.07. The lowest BCUT2D eigenvalue weighted by molar-refractivity contribution is -0.242. The van der Waals surface area contributed by atoms with Gasteiger partial charge in [0.1, 0.15) is 0 Å². The van der Waals surface area contributed by atoms with Gasteiger partial charge in [0, 0.05) is 11.1 Å². The van der Waals surface area contributed by atoms with Gasteiger partial charge in [-0.25, -0.2) is 0 Å². The zero-order valence-corrected chi connectivity index (χ0v) is 12.6. The average molecular weight is 241 g/mol. The fraction of sp³-hybridized carbons (Fsp3) is 1.00. The van der Waals surface area contributed by atoms with E-state index < -0.39 is 0 Å². The summed E-state index contributed by atoms with van der Waals surface area (Å²) in [4.78, 5) is 0. The van der Waals surface area contributed by atoms with Crippen LogP contribution in [0.2, 0.25) is 0 Å². The first-order valence-corrected chi connectivity index (χ1v) is 7.06. The Bertz CT molecular complexity index is 246. The first-order valence-electron chi connectivity index (χ1n) is 7.06. The number of hydrogen-bond acceptors (Lipinski definition) is 2. The van der Waals surface area contributed by atoms with E-state index in [-0.39, 0.29) is 16.5 Å². The predicted octanol–water partition coefficient (Wildman–Crippen LogP) is 4.62. The van der Waals surface area contributed by atoms with Crippen LogP contribution in [0.1, 0.15) is 80.1 Å². The van der Waals surface area contributed by atoms with E-state index in [0.29, 0.717) is 0 Å². The zero-order valence-electron chi connectivity index (χ0n) is 12.6. The van der Waals surface area contributed by atoms with Crippen molar-refractivity contribution >= 4 is 0 Å². The van der Waals surface area contributed by atoms with Crippen LogP contribution in [0.5, 0.6) is 0 Å². The molecule has 0 saturated heterocycles. The molecule has 0 bridgehead atoms. The van der Waals surface area contributed by atoms with Gasteiger partial charge >= 0.3 is 0 Å². The van der Waals surface area contributed by atoms with Crippen molar-refractivity contribution in [2.75, 3.05) is 0 Å². The highest BCUT2D eigenvalue weighted by Crippen LogP contribution is 2.40. The smallest absolute Gasteiger partial charge is 0.0438 e. The zero-order chi connectivity index (χ0) is 13.3. The van der Waals surface area contributed by atoms with Crippen LogP contribution in [0, 0.1) is 5.41 Å². The second kappa shape index (κ2) is 4.89. The van der Waals surface area contributed by atoms with Gasteiger partial charge in [-0.05, 0) is 45.4 Å². The van der Waals surface area contributed by atoms with Crippen LogP contribution in [0.4, 0.5) is 0 Å². The maximum absolute atomic E-state index is 10.7. The molecule has 0 aromatic rings. The van der Waals surface area contributed by atoms with Crippen LogP contribution in [0.3, 0.4) is 0 Å². The molecule has 0 atom stereocenters. The lowest BCUT2D eigenvalue weighted by Gasteiger charge is -2.49. The molecule has 1 saturated carbocycles. The highest BCUT2D eigenvalue weighted by molar-refractivity contribution is 4.93. The molecule has 0 amide bonds. The van der Waals surface area contributed by atoms with Gasteiger partial charge in [0.15, 0.2) is 0 Å². The number of rotatable bonds is 3. The van der Waals surface area contributed by atoms with Gasteiger partial charge < -0.3 is 5.21 Å². The van der Waals surface area contributed by atoms with Crippen molar-refractivity contribution in [1.29, 1.82) is 0 Å². The topological polar surface area (TPSA) is 23.5 Å². The molecule has 0 radical (unpaired) electrons. The lowest BCUT2D eigenvalue weighted by atomic mass is 9.76. The van der Waals surface area contributed by atoms with E-state index in [1.165, 1.54) is 19.3 Å². The molecular formula is C15H31NO. The molecule has 0 unspecified atom stereocenters. The third-order valence-electron chi connectivity index (χ3n) is 3.98. The molecule has 0 aliphatic heterocycles. The Balaban J connectivity index is 2.75. The van der Waals surface area contributed by atoms with E-state index in [4.69, 9.17) is 0 Å². The van der Waals surface area contributed by atoms with Crippen LogP contribution in [-0.2, 0) is 0 Å². The molecular weight excluding hydrogens is 210 g/mol. The Kier molecular flexibility index (Phi) is 4.31. The lowest BCUT2D eigenvalue weighted by Crippen LogP contribution is -2.56. The van der Waals surface area contributed by atoms with Crippen LogP contribution in [0.25, 0.3) is 0 Å². The van der Waals surface area contributed by atoms with Gasteiger partial charge in [0.2, 0.25) is 0 Å². The third-order valence-corrected chi connectivity index (χ3v) is 3.98. The first-order chi connectivity index (χ1) is 7.57. The quantitative estimate of drug-likeness (QED) is 0.729. The molecule has 0 heterocycles. The SMILES string of the molecule is CC(C)(C)CC(C)(C)N(O)C1(C)CCCCC1. The minimum absolute atomic E-state index is 0.0208. The highest BCUT2D eigenvalue weighted by atomic mass is 16.5. The Morgan fingerprint density at radius 1 is 1.00 bits per heavy atom. The summed E-state index contributed by atoms with van der Waals surface area (Å²) in [7, 11) is 0. The van der Waals surface area contributed by atoms with Crippen LogP contribution in [0.15, 0.2) is 0 Å². The van der Waals surface area contributed by atoms with Crippen molar-refractivity contribution in [3.63, 3.8) is 0 Å². The van der Waals surface area contributed by atoms with E-state index in [0.717, 1.165) is 19.3 Å². The van der Waals surface area contributed by atoms with Gasteiger partial charge in [-0.2, -0.15) is 5.06 Å². The number of nitrogens with zero attached hydrogens (tertiary/aromatic N) is 1. The van der Waals surface area contributed by atoms with E-state index >= 15 is 0 Å². The summed E-state index contributed by atoms with van der Waals surface area (Å²) in [5, 5.41) is 12.3. The molecule has 0 aromatic heterocycles. The number of hydroxylamine groups is 2. The fourth-order valence-corrected chi connectivity index (χ4v) is 3.63. The molecule has 1 fully saturated rings. The average Bonchev–Trinajstić information content (AvgIpc) is 2.14. The molecule has 102 valence electrons. The minimum Gasteiger partial charge on any atom is -0.313 e. The summed E-state index contributed by atoms with van der Waals surface area (Å²) in [6.45, 7) is 13.3. The van der Waals surface area contributed by atoms with Crippen LogP contribution < -0.4 is 0 Å². The molecule has 17 heavy (non-hydrogen) atoms. The second-order valence-electron chi connectivity index (χ2n) is 7.92. The van der Waals surface area contributed by atoms with Crippen molar-refractivity contribution in [2.24, 2.45) is 5.41 Å². The molecule has 1 rings (SSSR count). The van der Waals surface area contributed by atoms with Crippen molar-refractivity contribution < 1.29 is 5.21 Å². The summed E-state index contributed by atoms with van der Waals surface area (Å²) in [6, 6.07) is 0. The summed E-state index contributed by atoms with van der Waals surface area (Å²) < 4.78 is 0. The largest absolute Gasteiger partial charge is 0.313 e. The van der Waals surface area contributed by atoms with Crippen LogP contribution >= 0.6 is 0 Å². The molecule has 1 N–H and O–H groups in total. The third kappa shape index (κ3) is 3.96. The maximum atomic E-state index is 10.7. The predicted molar refractivity (Wildman–Crippen MR) is 73.3 cm³/mol. The summed E-state index contributed by atoms with van der Waals surface area (Å²) in [5.74, 6) is 0. The van der Waals surface area contributed by atoms with Crippen molar-refractivity contribution in [3.05, 3.63) is 0 Å². The van der Waals surface area contributed by atoms with Crippen molar-refractivity contribution in [1.82, 2.24) is 5.06 Å². The number of hydrogen-bond donors (Lipinski definition) is 1. The van der Waals surface area contributed by atoms with Crippen molar-refractivity contribution in [3.8, 4) is 0 Å². The van der Waals surface area contributed by atoms with Gasteiger partial charge in [-0.15, -0.1) is 0 Å². The molecule has 2 heteroatoms. The van der Waals surface area contributed by atoms with E-state index in [1.807, 2.05) is 0 Å². The summed E-state index contributed by atoms with van der Waals surface area (Å²) >= 11 is 0. The fourth-order valence-electron chi connectivity index (χ4n) is 3.63. The van der Waals surface area contributed by atoms with E-state index in [2.05, 4.69) is 41.5 Å². The molecule has 1 aliphatic rings. The van der Waals surface area contributed by atoms with E-state index in [9.17, 15) is 5.21 Å². The molecule has 1 aliphatic carbocycles. The van der Waals surface area contributed by atoms with Crippen molar-refractivity contribution in [2.45, 2.75) is 91.1 Å². The van der Waals surface area contributed by atoms with E-state index in [1.54, 1.807) is 5.06 Å². The highest BCUT2D eigenvalue weighted by Gasteiger charge is 2.42. The minimum atomic E-state index is -0.148. The first kappa shape index (κ1) is 15.0. The van der Waals surface area contributed by atoms with Gasteiger partial charge in [0.05, 0.1) is 0 Å². The Morgan fingerprint density at radius 3 is 1.88 bits per heavy atom. The molecule has 2 nitrogen and oxygen atoms in total. The van der Waals surface area contributed by atoms with Gasteiger partial charge in [-0.1, -0.05) is 40.0 Å².